The van der Waals surface area contributed by atoms with Gasteiger partial charge in [-0.3, -0.25) is 4.98 Å². The first-order valence-corrected chi connectivity index (χ1v) is 13.5. The SMILES string of the molecule is CC(C)(C)OC(=O)c1cc(CC2CCC(Oc3cc(N4CCOCC4)cc4nccnc34)CC2)ccc1F. The zero-order valence-corrected chi connectivity index (χ0v) is 22.4. The molecule has 0 amide bonds. The van der Waals surface area contributed by atoms with Crippen LogP contribution in [-0.2, 0) is 15.9 Å². The summed E-state index contributed by atoms with van der Waals surface area (Å²) < 4.78 is 31.8. The minimum absolute atomic E-state index is 0.00239. The highest BCUT2D eigenvalue weighted by atomic mass is 19.1. The Morgan fingerprint density at radius 1 is 1.05 bits per heavy atom. The molecule has 0 radical (unpaired) electrons. The first-order valence-electron chi connectivity index (χ1n) is 13.5. The standard InChI is InChI=1S/C30H36FN3O4/c1-30(2,3)38-29(35)24-17-21(6-9-25(24)31)16-20-4-7-23(8-5-20)37-27-19-22(34-12-14-36-15-13-34)18-26-28(27)33-11-10-32-26/h6,9-11,17-20,23H,4-5,7-8,12-16H2,1-3H3. The van der Waals surface area contributed by atoms with Crippen molar-refractivity contribution >= 4 is 22.7 Å². The van der Waals surface area contributed by atoms with Crippen LogP contribution in [-0.4, -0.2) is 53.9 Å². The van der Waals surface area contributed by atoms with E-state index in [9.17, 15) is 9.18 Å². The number of anilines is 1. The second kappa shape index (κ2) is 11.2. The number of hydrogen-bond acceptors (Lipinski definition) is 7. The molecular weight excluding hydrogens is 485 g/mol. The maximum absolute atomic E-state index is 14.4. The van der Waals surface area contributed by atoms with Gasteiger partial charge in [0, 0.05) is 37.2 Å². The first kappa shape index (κ1) is 26.4. The van der Waals surface area contributed by atoms with Gasteiger partial charge in [-0.15, -0.1) is 0 Å². The predicted molar refractivity (Wildman–Crippen MR) is 144 cm³/mol. The van der Waals surface area contributed by atoms with E-state index in [1.54, 1.807) is 45.3 Å². The van der Waals surface area contributed by atoms with E-state index in [-0.39, 0.29) is 11.7 Å². The van der Waals surface area contributed by atoms with E-state index in [1.807, 2.05) is 0 Å². The van der Waals surface area contributed by atoms with Crippen molar-refractivity contribution in [3.63, 3.8) is 0 Å². The van der Waals surface area contributed by atoms with E-state index in [4.69, 9.17) is 14.2 Å². The molecule has 0 N–H and O–H groups in total. The van der Waals surface area contributed by atoms with E-state index in [0.29, 0.717) is 19.1 Å². The lowest BCUT2D eigenvalue weighted by molar-refractivity contribution is 0.00645. The van der Waals surface area contributed by atoms with Crippen LogP contribution >= 0.6 is 0 Å². The molecule has 0 bridgehead atoms. The third-order valence-corrected chi connectivity index (χ3v) is 7.16. The number of rotatable bonds is 6. The van der Waals surface area contributed by atoms with Crippen LogP contribution in [0.25, 0.3) is 11.0 Å². The summed E-state index contributed by atoms with van der Waals surface area (Å²) in [4.78, 5) is 23.9. The second-order valence-corrected chi connectivity index (χ2v) is 11.2. The molecule has 1 aliphatic carbocycles. The highest BCUT2D eigenvalue weighted by Gasteiger charge is 2.26. The number of fused-ring (bicyclic) bond motifs is 1. The third-order valence-electron chi connectivity index (χ3n) is 7.16. The number of halogens is 1. The van der Waals surface area contributed by atoms with Crippen LogP contribution in [0, 0.1) is 11.7 Å². The van der Waals surface area contributed by atoms with Gasteiger partial charge in [0.15, 0.2) is 0 Å². The summed E-state index contributed by atoms with van der Waals surface area (Å²) in [6, 6.07) is 8.95. The predicted octanol–water partition coefficient (Wildman–Crippen LogP) is 5.74. The van der Waals surface area contributed by atoms with Gasteiger partial charge in [-0.2, -0.15) is 0 Å². The summed E-state index contributed by atoms with van der Waals surface area (Å²) in [6.45, 7) is 8.45. The van der Waals surface area contributed by atoms with E-state index in [1.165, 1.54) is 6.07 Å². The number of aromatic nitrogens is 2. The topological polar surface area (TPSA) is 73.8 Å². The number of carbonyl (C=O) groups excluding carboxylic acids is 1. The Bertz CT molecular complexity index is 1280. The average molecular weight is 522 g/mol. The highest BCUT2D eigenvalue weighted by molar-refractivity contribution is 5.90. The monoisotopic (exact) mass is 521 g/mol. The molecule has 2 aliphatic rings. The number of nitrogens with zero attached hydrogens (tertiary/aromatic N) is 3. The lowest BCUT2D eigenvalue weighted by atomic mass is 9.83. The fourth-order valence-electron chi connectivity index (χ4n) is 5.28. The van der Waals surface area contributed by atoms with Gasteiger partial charge in [0.1, 0.15) is 22.7 Å². The number of ether oxygens (including phenoxy) is 3. The Balaban J connectivity index is 1.23. The van der Waals surface area contributed by atoms with Crippen molar-refractivity contribution in [3.05, 3.63) is 59.7 Å². The van der Waals surface area contributed by atoms with Crippen LogP contribution in [0.4, 0.5) is 10.1 Å². The Morgan fingerprint density at radius 2 is 1.79 bits per heavy atom. The van der Waals surface area contributed by atoms with Gasteiger partial charge in [0.2, 0.25) is 0 Å². The normalized spacial score (nSPS) is 20.4. The van der Waals surface area contributed by atoms with E-state index in [0.717, 1.165) is 73.2 Å². The molecule has 1 aliphatic heterocycles. The number of benzene rings is 2. The zero-order chi connectivity index (χ0) is 26.7. The molecule has 38 heavy (non-hydrogen) atoms. The number of hydrogen-bond donors (Lipinski definition) is 0. The molecule has 0 atom stereocenters. The smallest absolute Gasteiger partial charge is 0.341 e. The second-order valence-electron chi connectivity index (χ2n) is 11.2. The summed E-state index contributed by atoms with van der Waals surface area (Å²) in [5, 5.41) is 0. The van der Waals surface area contributed by atoms with Crippen LogP contribution in [0.3, 0.4) is 0 Å². The third kappa shape index (κ3) is 6.41. The number of morpholine rings is 1. The van der Waals surface area contributed by atoms with Crippen LogP contribution in [0.2, 0.25) is 0 Å². The van der Waals surface area contributed by atoms with Gasteiger partial charge in [-0.25, -0.2) is 14.2 Å². The Labute approximate surface area is 223 Å². The molecule has 5 rings (SSSR count). The highest BCUT2D eigenvalue weighted by Crippen LogP contribution is 2.35. The van der Waals surface area contributed by atoms with Crippen LogP contribution in [0.1, 0.15) is 62.4 Å². The van der Waals surface area contributed by atoms with Crippen LogP contribution in [0.15, 0.2) is 42.7 Å². The number of carbonyl (C=O) groups is 1. The fraction of sp³-hybridized carbons (Fsp3) is 0.500. The van der Waals surface area contributed by atoms with Crippen molar-refractivity contribution < 1.29 is 23.4 Å². The number of esters is 1. The van der Waals surface area contributed by atoms with Crippen LogP contribution in [0.5, 0.6) is 5.75 Å². The van der Waals surface area contributed by atoms with E-state index >= 15 is 0 Å². The summed E-state index contributed by atoms with van der Waals surface area (Å²) in [5.74, 6) is 0.0578. The Kier molecular flexibility index (Phi) is 7.79. The van der Waals surface area contributed by atoms with Crippen LogP contribution < -0.4 is 9.64 Å². The first-order chi connectivity index (χ1) is 18.2. The molecule has 2 aromatic carbocycles. The van der Waals surface area contributed by atoms with Gasteiger partial charge in [0.25, 0.3) is 0 Å². The Hall–Kier alpha value is -3.26. The molecule has 2 heterocycles. The van der Waals surface area contributed by atoms with Crippen molar-refractivity contribution in [1.82, 2.24) is 9.97 Å². The van der Waals surface area contributed by atoms with Gasteiger partial charge in [0.05, 0.1) is 30.4 Å². The van der Waals surface area contributed by atoms with E-state index in [2.05, 4.69) is 27.0 Å². The lowest BCUT2D eigenvalue weighted by Gasteiger charge is -2.31. The van der Waals surface area contributed by atoms with E-state index < -0.39 is 17.4 Å². The quantitative estimate of drug-likeness (QED) is 0.383. The summed E-state index contributed by atoms with van der Waals surface area (Å²) >= 11 is 0. The van der Waals surface area contributed by atoms with Gasteiger partial charge >= 0.3 is 5.97 Å². The van der Waals surface area contributed by atoms with Crippen molar-refractivity contribution in [2.75, 3.05) is 31.2 Å². The van der Waals surface area contributed by atoms with Gasteiger partial charge in [-0.05, 0) is 82.6 Å². The molecular formula is C30H36FN3O4. The molecule has 1 saturated carbocycles. The minimum Gasteiger partial charge on any atom is -0.488 e. The fourth-order valence-corrected chi connectivity index (χ4v) is 5.28. The molecule has 1 aromatic heterocycles. The van der Waals surface area contributed by atoms with Crippen molar-refractivity contribution in [2.45, 2.75) is 64.6 Å². The maximum Gasteiger partial charge on any atom is 0.341 e. The van der Waals surface area contributed by atoms with Crippen molar-refractivity contribution in [1.29, 1.82) is 0 Å². The Morgan fingerprint density at radius 3 is 2.53 bits per heavy atom. The molecule has 8 heteroatoms. The molecule has 1 saturated heterocycles. The molecule has 7 nitrogen and oxygen atoms in total. The molecule has 0 unspecified atom stereocenters. The van der Waals surface area contributed by atoms with Gasteiger partial charge < -0.3 is 19.1 Å². The maximum atomic E-state index is 14.4. The molecule has 202 valence electrons. The molecule has 2 fully saturated rings. The molecule has 0 spiro atoms. The lowest BCUT2D eigenvalue weighted by Crippen LogP contribution is -2.36. The minimum atomic E-state index is -0.670. The largest absolute Gasteiger partial charge is 0.488 e. The van der Waals surface area contributed by atoms with Crippen molar-refractivity contribution in [3.8, 4) is 5.75 Å². The zero-order valence-electron chi connectivity index (χ0n) is 22.4. The molecule has 3 aromatic rings. The summed E-state index contributed by atoms with van der Waals surface area (Å²) in [7, 11) is 0. The summed E-state index contributed by atoms with van der Waals surface area (Å²) in [6.07, 6.45) is 8.15. The summed E-state index contributed by atoms with van der Waals surface area (Å²) in [5.41, 5.74) is 2.99. The van der Waals surface area contributed by atoms with Crippen molar-refractivity contribution in [2.24, 2.45) is 5.92 Å². The average Bonchev–Trinajstić information content (AvgIpc) is 2.90. The van der Waals surface area contributed by atoms with Gasteiger partial charge in [-0.1, -0.05) is 6.07 Å².